The van der Waals surface area contributed by atoms with Crippen molar-refractivity contribution < 1.29 is 24.3 Å². The lowest BCUT2D eigenvalue weighted by Crippen LogP contribution is -3.16. The molecule has 1 aliphatic carbocycles. The zero-order valence-electron chi connectivity index (χ0n) is 17.5. The van der Waals surface area contributed by atoms with Gasteiger partial charge in [0, 0.05) is 24.4 Å². The number of fused-ring (bicyclic) bond motifs is 2. The van der Waals surface area contributed by atoms with Crippen LogP contribution in [0, 0.1) is 5.92 Å². The monoisotopic (exact) mass is 403 g/mol. The van der Waals surface area contributed by atoms with E-state index in [1.54, 1.807) is 0 Å². The van der Waals surface area contributed by atoms with E-state index in [0.717, 1.165) is 81.5 Å². The van der Waals surface area contributed by atoms with Gasteiger partial charge in [-0.2, -0.15) is 0 Å². The number of rotatable bonds is 7. The maximum atomic E-state index is 12.6. The Kier molecular flexibility index (Phi) is 6.30. The Labute approximate surface area is 173 Å². The van der Waals surface area contributed by atoms with Crippen molar-refractivity contribution in [2.75, 3.05) is 26.4 Å². The number of carbonyl (C=O) groups is 1. The van der Waals surface area contributed by atoms with Gasteiger partial charge in [-0.25, -0.2) is 0 Å². The number of aliphatic hydroxyl groups is 1. The Balaban J connectivity index is 1.54. The average Bonchev–Trinajstić information content (AvgIpc) is 3.19. The summed E-state index contributed by atoms with van der Waals surface area (Å²) in [6.45, 7) is 4.45. The molecule has 6 nitrogen and oxygen atoms in total. The molecule has 0 radical (unpaired) electrons. The molecule has 0 aromatic heterocycles. The molecular weight excluding hydrogens is 368 g/mol. The molecule has 1 saturated carbocycles. The number of ether oxygens (including phenoxy) is 2. The Morgan fingerprint density at radius 2 is 2.10 bits per heavy atom. The van der Waals surface area contributed by atoms with E-state index < -0.39 is 5.60 Å². The van der Waals surface area contributed by atoms with Gasteiger partial charge in [0.15, 0.2) is 18.0 Å². The Morgan fingerprint density at radius 1 is 1.24 bits per heavy atom. The molecule has 1 unspecified atom stereocenters. The topological polar surface area (TPSA) is 72.2 Å². The first kappa shape index (κ1) is 20.5. The quantitative estimate of drug-likeness (QED) is 0.609. The second-order valence-corrected chi connectivity index (χ2v) is 8.94. The second-order valence-electron chi connectivity index (χ2n) is 8.94. The first-order valence-electron chi connectivity index (χ1n) is 11.3. The smallest absolute Gasteiger partial charge is 0.275 e. The molecule has 1 aromatic rings. The van der Waals surface area contributed by atoms with Gasteiger partial charge in [0.05, 0.1) is 12.1 Å². The summed E-state index contributed by atoms with van der Waals surface area (Å²) in [4.78, 5) is 13.9. The van der Waals surface area contributed by atoms with Crippen molar-refractivity contribution in [2.24, 2.45) is 5.92 Å². The molecule has 0 spiro atoms. The van der Waals surface area contributed by atoms with Crippen molar-refractivity contribution in [3.8, 4) is 11.5 Å². The predicted octanol–water partition coefficient (Wildman–Crippen LogP) is 1.97. The van der Waals surface area contributed by atoms with Crippen LogP contribution in [0.25, 0.3) is 0 Å². The van der Waals surface area contributed by atoms with Crippen LogP contribution in [0.4, 0.5) is 0 Å². The lowest BCUT2D eigenvalue weighted by molar-refractivity contribution is -0.937. The van der Waals surface area contributed by atoms with Crippen LogP contribution in [-0.4, -0.2) is 43.0 Å². The third-order valence-electron chi connectivity index (χ3n) is 7.03. The molecular formula is C23H35N2O4+. The van der Waals surface area contributed by atoms with Crippen molar-refractivity contribution in [3.63, 3.8) is 0 Å². The van der Waals surface area contributed by atoms with Crippen LogP contribution >= 0.6 is 0 Å². The zero-order chi connectivity index (χ0) is 20.3. The highest BCUT2D eigenvalue weighted by Gasteiger charge is 2.52. The maximum absolute atomic E-state index is 12.6. The minimum Gasteiger partial charge on any atom is -0.454 e. The molecule has 2 fully saturated rings. The fourth-order valence-corrected chi connectivity index (χ4v) is 5.50. The molecule has 1 aromatic carbocycles. The summed E-state index contributed by atoms with van der Waals surface area (Å²) in [7, 11) is 0. The van der Waals surface area contributed by atoms with Crippen molar-refractivity contribution in [2.45, 2.75) is 69.9 Å². The molecule has 160 valence electrons. The molecule has 3 aliphatic rings. The van der Waals surface area contributed by atoms with E-state index >= 15 is 0 Å². The molecule has 29 heavy (non-hydrogen) atoms. The maximum Gasteiger partial charge on any atom is 0.275 e. The van der Waals surface area contributed by atoms with Crippen molar-refractivity contribution >= 4 is 5.91 Å². The van der Waals surface area contributed by atoms with Gasteiger partial charge in [0.1, 0.15) is 6.04 Å². The summed E-state index contributed by atoms with van der Waals surface area (Å²) in [5.41, 5.74) is 0.536. The molecule has 2 heterocycles. The normalized spacial score (nSPS) is 30.6. The molecule has 1 saturated heterocycles. The van der Waals surface area contributed by atoms with E-state index in [2.05, 4.69) is 24.4 Å². The number of amides is 1. The molecule has 1 amide bonds. The highest BCUT2D eigenvalue weighted by Crippen LogP contribution is 2.45. The van der Waals surface area contributed by atoms with E-state index in [1.807, 2.05) is 6.07 Å². The standard InChI is InChI=1S/C23H34N2O4/c1-2-3-6-12-24-21(26)15-25-13-11-23(27)10-5-4-7-18(23)22(25)17-8-9-19-20(14-17)29-16-28-19/h8-9,14,18,22,27H,2-7,10-13,15-16H2,1H3,(H,24,26)/p+1/t18-,22-,23-/m1/s1. The fraction of sp³-hybridized carbons (Fsp3) is 0.696. The summed E-state index contributed by atoms with van der Waals surface area (Å²) in [5, 5.41) is 14.5. The summed E-state index contributed by atoms with van der Waals surface area (Å²) in [6.07, 6.45) is 8.22. The van der Waals surface area contributed by atoms with Crippen molar-refractivity contribution in [3.05, 3.63) is 23.8 Å². The number of hydrogen-bond acceptors (Lipinski definition) is 4. The van der Waals surface area contributed by atoms with Gasteiger partial charge in [-0.15, -0.1) is 0 Å². The first-order valence-corrected chi connectivity index (χ1v) is 11.3. The van der Waals surface area contributed by atoms with Crippen LogP contribution in [0.5, 0.6) is 11.5 Å². The highest BCUT2D eigenvalue weighted by atomic mass is 16.7. The van der Waals surface area contributed by atoms with Crippen molar-refractivity contribution in [1.29, 1.82) is 0 Å². The summed E-state index contributed by atoms with van der Waals surface area (Å²) >= 11 is 0. The number of piperidine rings is 1. The van der Waals surface area contributed by atoms with Crippen LogP contribution in [0.2, 0.25) is 0 Å². The van der Waals surface area contributed by atoms with Crippen LogP contribution in [-0.2, 0) is 4.79 Å². The molecule has 3 N–H and O–H groups in total. The minimum absolute atomic E-state index is 0.102. The molecule has 2 aliphatic heterocycles. The summed E-state index contributed by atoms with van der Waals surface area (Å²) in [6, 6.07) is 6.23. The molecule has 4 rings (SSSR count). The number of benzene rings is 1. The highest BCUT2D eigenvalue weighted by molar-refractivity contribution is 5.76. The predicted molar refractivity (Wildman–Crippen MR) is 110 cm³/mol. The number of carbonyl (C=O) groups excluding carboxylic acids is 1. The van der Waals surface area contributed by atoms with E-state index in [0.29, 0.717) is 6.54 Å². The minimum atomic E-state index is -0.611. The van der Waals surface area contributed by atoms with E-state index in [-0.39, 0.29) is 24.7 Å². The Morgan fingerprint density at radius 3 is 2.97 bits per heavy atom. The fourth-order valence-electron chi connectivity index (χ4n) is 5.50. The Bertz CT molecular complexity index is 725. The van der Waals surface area contributed by atoms with Crippen LogP contribution < -0.4 is 19.7 Å². The third-order valence-corrected chi connectivity index (χ3v) is 7.03. The lowest BCUT2D eigenvalue weighted by Gasteiger charge is -2.50. The summed E-state index contributed by atoms with van der Waals surface area (Å²) < 4.78 is 11.1. The zero-order valence-corrected chi connectivity index (χ0v) is 17.5. The summed E-state index contributed by atoms with van der Waals surface area (Å²) in [5.74, 6) is 1.84. The number of likely N-dealkylation sites (tertiary alicyclic amines) is 1. The molecule has 6 heteroatoms. The average molecular weight is 404 g/mol. The number of hydrogen-bond donors (Lipinski definition) is 3. The Hall–Kier alpha value is -1.79. The second kappa shape index (κ2) is 8.92. The lowest BCUT2D eigenvalue weighted by atomic mass is 9.66. The number of unbranched alkanes of at least 4 members (excludes halogenated alkanes) is 2. The van der Waals surface area contributed by atoms with Gasteiger partial charge in [-0.1, -0.05) is 32.6 Å². The molecule has 0 bridgehead atoms. The van der Waals surface area contributed by atoms with Crippen LogP contribution in [0.3, 0.4) is 0 Å². The SMILES string of the molecule is CCCCCNC(=O)C[NH+]1CC[C@]2(O)CCCC[C@@H]2[C@H]1c1ccc2c(c1)OCO2. The van der Waals surface area contributed by atoms with Gasteiger partial charge in [-0.3, -0.25) is 4.79 Å². The van der Waals surface area contributed by atoms with Gasteiger partial charge in [-0.05, 0) is 37.5 Å². The van der Waals surface area contributed by atoms with E-state index in [9.17, 15) is 9.90 Å². The third kappa shape index (κ3) is 4.38. The van der Waals surface area contributed by atoms with Gasteiger partial charge < -0.3 is 24.8 Å². The van der Waals surface area contributed by atoms with E-state index in [4.69, 9.17) is 9.47 Å². The number of nitrogens with one attached hydrogen (secondary N) is 2. The van der Waals surface area contributed by atoms with Gasteiger partial charge in [0.25, 0.3) is 5.91 Å². The van der Waals surface area contributed by atoms with Gasteiger partial charge in [0.2, 0.25) is 6.79 Å². The van der Waals surface area contributed by atoms with Crippen molar-refractivity contribution in [1.82, 2.24) is 5.32 Å². The largest absolute Gasteiger partial charge is 0.454 e. The van der Waals surface area contributed by atoms with Crippen LogP contribution in [0.1, 0.15) is 69.9 Å². The van der Waals surface area contributed by atoms with E-state index in [1.165, 1.54) is 4.90 Å². The van der Waals surface area contributed by atoms with Crippen LogP contribution in [0.15, 0.2) is 18.2 Å². The first-order chi connectivity index (χ1) is 14.1. The van der Waals surface area contributed by atoms with Gasteiger partial charge >= 0.3 is 0 Å². The molecule has 4 atom stereocenters. The number of quaternary nitrogens is 1.